The summed E-state index contributed by atoms with van der Waals surface area (Å²) in [6.07, 6.45) is 2.08. The molecule has 0 amide bonds. The molecule has 1 heterocycles. The molecule has 0 atom stereocenters. The van der Waals surface area contributed by atoms with Crippen molar-refractivity contribution in [1.82, 2.24) is 9.97 Å². The first-order valence-electron chi connectivity index (χ1n) is 7.05. The van der Waals surface area contributed by atoms with Gasteiger partial charge in [0.25, 0.3) is 0 Å². The number of nitrogen functional groups attached to an aromatic ring is 1. The van der Waals surface area contributed by atoms with Crippen LogP contribution in [0.25, 0.3) is 0 Å². The Hall–Kier alpha value is -1.32. The van der Waals surface area contributed by atoms with Gasteiger partial charge in [0.2, 0.25) is 0 Å². The predicted octanol–water partition coefficient (Wildman–Crippen LogP) is 3.66. The predicted molar refractivity (Wildman–Crippen MR) is 82.5 cm³/mol. The second-order valence-corrected chi connectivity index (χ2v) is 6.55. The summed E-state index contributed by atoms with van der Waals surface area (Å²) < 4.78 is 0. The molecule has 0 fully saturated rings. The second kappa shape index (κ2) is 5.35. The summed E-state index contributed by atoms with van der Waals surface area (Å²) in [6, 6.07) is 0. The van der Waals surface area contributed by atoms with Crippen molar-refractivity contribution in [3.8, 4) is 0 Å². The molecule has 108 valence electrons. The zero-order valence-electron chi connectivity index (χ0n) is 13.4. The van der Waals surface area contributed by atoms with Gasteiger partial charge < -0.3 is 11.1 Å². The van der Waals surface area contributed by atoms with Gasteiger partial charge in [-0.1, -0.05) is 34.6 Å². The fourth-order valence-electron chi connectivity index (χ4n) is 1.70. The summed E-state index contributed by atoms with van der Waals surface area (Å²) in [5.41, 5.74) is 6.90. The first kappa shape index (κ1) is 15.7. The van der Waals surface area contributed by atoms with E-state index in [0.29, 0.717) is 5.82 Å². The smallest absolute Gasteiger partial charge is 0.138 e. The molecule has 3 N–H and O–H groups in total. The Labute approximate surface area is 117 Å². The van der Waals surface area contributed by atoms with Crippen LogP contribution in [0.5, 0.6) is 0 Å². The highest BCUT2D eigenvalue weighted by Crippen LogP contribution is 2.28. The number of hydrogen-bond acceptors (Lipinski definition) is 4. The van der Waals surface area contributed by atoms with Gasteiger partial charge in [0.1, 0.15) is 17.5 Å². The van der Waals surface area contributed by atoms with Crippen LogP contribution in [0.4, 0.5) is 11.6 Å². The molecule has 1 rings (SSSR count). The molecule has 0 unspecified atom stereocenters. The van der Waals surface area contributed by atoms with E-state index in [1.54, 1.807) is 0 Å². The zero-order valence-corrected chi connectivity index (χ0v) is 13.4. The van der Waals surface area contributed by atoms with Crippen LogP contribution in [-0.2, 0) is 5.41 Å². The third kappa shape index (κ3) is 3.58. The van der Waals surface area contributed by atoms with E-state index in [1.165, 1.54) is 0 Å². The van der Waals surface area contributed by atoms with Crippen LogP contribution in [-0.4, -0.2) is 15.5 Å². The fraction of sp³-hybridized carbons (Fsp3) is 0.733. The summed E-state index contributed by atoms with van der Waals surface area (Å²) in [4.78, 5) is 9.10. The largest absolute Gasteiger partial charge is 0.383 e. The second-order valence-electron chi connectivity index (χ2n) is 6.55. The van der Waals surface area contributed by atoms with Crippen molar-refractivity contribution >= 4 is 11.6 Å². The van der Waals surface area contributed by atoms with E-state index in [0.717, 1.165) is 30.0 Å². The van der Waals surface area contributed by atoms with E-state index >= 15 is 0 Å². The monoisotopic (exact) mass is 264 g/mol. The van der Waals surface area contributed by atoms with Crippen LogP contribution in [0.2, 0.25) is 0 Å². The van der Waals surface area contributed by atoms with Gasteiger partial charge in [0.05, 0.1) is 0 Å². The third-order valence-electron chi connectivity index (χ3n) is 3.84. The van der Waals surface area contributed by atoms with Crippen molar-refractivity contribution < 1.29 is 0 Å². The molecule has 0 aromatic carbocycles. The van der Waals surface area contributed by atoms with E-state index in [4.69, 9.17) is 5.73 Å². The summed E-state index contributed by atoms with van der Waals surface area (Å²) >= 11 is 0. The minimum Gasteiger partial charge on any atom is -0.383 e. The van der Waals surface area contributed by atoms with Gasteiger partial charge >= 0.3 is 0 Å². The van der Waals surface area contributed by atoms with Crippen molar-refractivity contribution in [3.05, 3.63) is 11.4 Å². The van der Waals surface area contributed by atoms with E-state index in [-0.39, 0.29) is 11.0 Å². The van der Waals surface area contributed by atoms with E-state index in [9.17, 15) is 0 Å². The quantitative estimate of drug-likeness (QED) is 0.871. The Balaban J connectivity index is 3.24. The van der Waals surface area contributed by atoms with Crippen molar-refractivity contribution in [2.45, 2.75) is 72.3 Å². The number of nitrogens with two attached hydrogens (primary N) is 1. The molecule has 0 radical (unpaired) electrons. The van der Waals surface area contributed by atoms with Crippen molar-refractivity contribution in [2.24, 2.45) is 0 Å². The average molecular weight is 264 g/mol. The summed E-state index contributed by atoms with van der Waals surface area (Å²) in [7, 11) is 0. The standard InChI is InChI=1S/C15H28N4/c1-8-15(7,9-2)19-12-10(3)11(16)17-13(18-12)14(4,5)6/h8-9H2,1-7H3,(H3,16,17,18,19). The molecule has 0 saturated heterocycles. The van der Waals surface area contributed by atoms with E-state index in [1.807, 2.05) is 6.92 Å². The van der Waals surface area contributed by atoms with Gasteiger partial charge in [-0.15, -0.1) is 0 Å². The lowest BCUT2D eigenvalue weighted by Gasteiger charge is -2.30. The lowest BCUT2D eigenvalue weighted by Crippen LogP contribution is -2.34. The molecular formula is C15H28N4. The van der Waals surface area contributed by atoms with Crippen LogP contribution >= 0.6 is 0 Å². The Morgan fingerprint density at radius 2 is 1.58 bits per heavy atom. The average Bonchev–Trinajstić information content (AvgIpc) is 2.33. The lowest BCUT2D eigenvalue weighted by atomic mass is 9.94. The minimum atomic E-state index is -0.104. The van der Waals surface area contributed by atoms with Gasteiger partial charge in [-0.3, -0.25) is 0 Å². The van der Waals surface area contributed by atoms with Gasteiger partial charge in [-0.25, -0.2) is 9.97 Å². The molecule has 0 bridgehead atoms. The molecule has 4 nitrogen and oxygen atoms in total. The van der Waals surface area contributed by atoms with Gasteiger partial charge in [0, 0.05) is 16.5 Å². The first-order valence-corrected chi connectivity index (χ1v) is 7.05. The highest BCUT2D eigenvalue weighted by molar-refractivity contribution is 5.56. The van der Waals surface area contributed by atoms with Crippen LogP contribution in [0, 0.1) is 6.92 Å². The van der Waals surface area contributed by atoms with E-state index < -0.39 is 0 Å². The fourth-order valence-corrected chi connectivity index (χ4v) is 1.70. The maximum atomic E-state index is 6.03. The molecule has 1 aromatic rings. The van der Waals surface area contributed by atoms with Gasteiger partial charge in [-0.2, -0.15) is 0 Å². The Bertz CT molecular complexity index is 442. The summed E-state index contributed by atoms with van der Waals surface area (Å²) in [5, 5.41) is 3.55. The lowest BCUT2D eigenvalue weighted by molar-refractivity contribution is 0.474. The number of nitrogens with zero attached hydrogens (tertiary/aromatic N) is 2. The number of hydrogen-bond donors (Lipinski definition) is 2. The molecule has 0 aliphatic carbocycles. The van der Waals surface area contributed by atoms with Crippen LogP contribution in [0.15, 0.2) is 0 Å². The highest BCUT2D eigenvalue weighted by Gasteiger charge is 2.24. The van der Waals surface area contributed by atoms with Crippen molar-refractivity contribution in [2.75, 3.05) is 11.1 Å². The van der Waals surface area contributed by atoms with Crippen LogP contribution < -0.4 is 11.1 Å². The number of rotatable bonds is 4. The summed E-state index contributed by atoms with van der Waals surface area (Å²) in [6.45, 7) is 14.8. The van der Waals surface area contributed by atoms with Crippen LogP contribution in [0.3, 0.4) is 0 Å². The van der Waals surface area contributed by atoms with Crippen LogP contribution in [0.1, 0.15) is 65.8 Å². The third-order valence-corrected chi connectivity index (χ3v) is 3.84. The number of nitrogens with one attached hydrogen (secondary N) is 1. The molecule has 0 saturated carbocycles. The van der Waals surface area contributed by atoms with Crippen molar-refractivity contribution in [3.63, 3.8) is 0 Å². The molecule has 19 heavy (non-hydrogen) atoms. The first-order chi connectivity index (χ1) is 8.63. The number of aromatic nitrogens is 2. The minimum absolute atomic E-state index is 0.0424. The van der Waals surface area contributed by atoms with Gasteiger partial charge in [-0.05, 0) is 26.7 Å². The highest BCUT2D eigenvalue weighted by atomic mass is 15.1. The molecule has 0 aliphatic heterocycles. The Morgan fingerprint density at radius 1 is 1.05 bits per heavy atom. The SMILES string of the molecule is CCC(C)(CC)Nc1nc(C(C)(C)C)nc(N)c1C. The summed E-state index contributed by atoms with van der Waals surface area (Å²) in [5.74, 6) is 2.22. The molecular weight excluding hydrogens is 236 g/mol. The van der Waals surface area contributed by atoms with E-state index in [2.05, 4.69) is 56.8 Å². The normalized spacial score (nSPS) is 12.6. The zero-order chi connectivity index (χ0) is 14.8. The Kier molecular flexibility index (Phi) is 4.43. The Morgan fingerprint density at radius 3 is 2.00 bits per heavy atom. The van der Waals surface area contributed by atoms with Crippen molar-refractivity contribution in [1.29, 1.82) is 0 Å². The maximum absolute atomic E-state index is 6.03. The molecule has 4 heteroatoms. The molecule has 0 aliphatic rings. The maximum Gasteiger partial charge on any atom is 0.138 e. The molecule has 0 spiro atoms. The number of anilines is 2. The topological polar surface area (TPSA) is 63.8 Å². The van der Waals surface area contributed by atoms with Gasteiger partial charge in [0.15, 0.2) is 0 Å². The molecule has 1 aromatic heterocycles.